The number of nitrogens with zero attached hydrogens (tertiary/aromatic N) is 1. The topological polar surface area (TPSA) is 92.8 Å². The number of nitrogens with one attached hydrogen (secondary N) is 1. The number of piperidine rings is 1. The lowest BCUT2D eigenvalue weighted by atomic mass is 9.98. The van der Waals surface area contributed by atoms with Crippen LogP contribution in [0.2, 0.25) is 0 Å². The van der Waals surface area contributed by atoms with Crippen LogP contribution in [-0.4, -0.2) is 50.3 Å². The van der Waals surface area contributed by atoms with Gasteiger partial charge in [-0.2, -0.15) is 4.31 Å². The molecule has 0 radical (unpaired) electrons. The van der Waals surface area contributed by atoms with Gasteiger partial charge in [0.25, 0.3) is 5.91 Å². The molecule has 1 amide bonds. The Morgan fingerprint density at radius 2 is 1.78 bits per heavy atom. The average molecular weight is 394 g/mol. The molecule has 0 bridgehead atoms. The molecule has 1 N–H and O–H groups in total. The van der Waals surface area contributed by atoms with Crippen LogP contribution in [0.15, 0.2) is 29.2 Å². The Hall–Kier alpha value is -1.93. The van der Waals surface area contributed by atoms with E-state index in [1.54, 1.807) is 24.3 Å². The second kappa shape index (κ2) is 8.39. The zero-order valence-corrected chi connectivity index (χ0v) is 16.3. The van der Waals surface area contributed by atoms with E-state index in [4.69, 9.17) is 4.74 Å². The lowest BCUT2D eigenvalue weighted by Gasteiger charge is -2.30. The summed E-state index contributed by atoms with van der Waals surface area (Å²) >= 11 is 0. The van der Waals surface area contributed by atoms with Gasteiger partial charge in [-0.3, -0.25) is 9.59 Å². The molecule has 0 unspecified atom stereocenters. The molecular weight excluding hydrogens is 368 g/mol. The smallest absolute Gasteiger partial charge is 0.309 e. The molecule has 2 fully saturated rings. The Labute approximate surface area is 160 Å². The summed E-state index contributed by atoms with van der Waals surface area (Å²) in [7, 11) is -3.55. The Morgan fingerprint density at radius 3 is 2.44 bits per heavy atom. The van der Waals surface area contributed by atoms with Crippen LogP contribution < -0.4 is 5.32 Å². The molecule has 1 aromatic rings. The first-order chi connectivity index (χ1) is 12.9. The summed E-state index contributed by atoms with van der Waals surface area (Å²) in [6.45, 7) is 3.06. The zero-order valence-electron chi connectivity index (χ0n) is 15.5. The summed E-state index contributed by atoms with van der Waals surface area (Å²) in [6.07, 6.45) is 2.34. The maximum absolute atomic E-state index is 12.7. The maximum Gasteiger partial charge on any atom is 0.309 e. The lowest BCUT2D eigenvalue weighted by Crippen LogP contribution is -2.42. The van der Waals surface area contributed by atoms with Gasteiger partial charge in [-0.15, -0.1) is 0 Å². The third-order valence-electron chi connectivity index (χ3n) is 5.19. The van der Waals surface area contributed by atoms with Gasteiger partial charge in [-0.1, -0.05) is 17.7 Å². The molecule has 0 aromatic heterocycles. The zero-order chi connectivity index (χ0) is 19.4. The van der Waals surface area contributed by atoms with Crippen LogP contribution in [0.4, 0.5) is 0 Å². The molecule has 0 saturated carbocycles. The number of carbonyl (C=O) groups is 2. The van der Waals surface area contributed by atoms with Crippen molar-refractivity contribution in [2.45, 2.75) is 50.0 Å². The van der Waals surface area contributed by atoms with E-state index in [-0.39, 0.29) is 29.8 Å². The van der Waals surface area contributed by atoms with Crippen molar-refractivity contribution in [1.29, 1.82) is 0 Å². The van der Waals surface area contributed by atoms with Crippen molar-refractivity contribution in [2.24, 2.45) is 5.92 Å². The second-order valence-corrected chi connectivity index (χ2v) is 9.14. The van der Waals surface area contributed by atoms with Gasteiger partial charge >= 0.3 is 5.97 Å². The number of hydrogen-bond donors (Lipinski definition) is 1. The molecule has 0 aliphatic carbocycles. The van der Waals surface area contributed by atoms with E-state index in [9.17, 15) is 18.0 Å². The van der Waals surface area contributed by atoms with Gasteiger partial charge in [0, 0.05) is 19.6 Å². The van der Waals surface area contributed by atoms with Crippen molar-refractivity contribution >= 4 is 21.9 Å². The third kappa shape index (κ3) is 4.68. The predicted octanol–water partition coefficient (Wildman–Crippen LogP) is 1.61. The summed E-state index contributed by atoms with van der Waals surface area (Å²) < 4.78 is 32.3. The molecule has 1 atom stereocenters. The molecule has 2 aliphatic heterocycles. The van der Waals surface area contributed by atoms with Gasteiger partial charge in [-0.05, 0) is 51.2 Å². The van der Waals surface area contributed by atoms with E-state index in [1.807, 2.05) is 6.92 Å². The molecule has 2 saturated heterocycles. The van der Waals surface area contributed by atoms with Gasteiger partial charge in [0.2, 0.25) is 10.0 Å². The van der Waals surface area contributed by atoms with Crippen LogP contribution in [0.1, 0.15) is 37.7 Å². The van der Waals surface area contributed by atoms with Crippen LogP contribution in [0.5, 0.6) is 0 Å². The highest BCUT2D eigenvalue weighted by Gasteiger charge is 2.34. The summed E-state index contributed by atoms with van der Waals surface area (Å²) in [4.78, 5) is 24.6. The van der Waals surface area contributed by atoms with Crippen molar-refractivity contribution in [3.05, 3.63) is 29.8 Å². The first-order valence-corrected chi connectivity index (χ1v) is 10.9. The summed E-state index contributed by atoms with van der Waals surface area (Å²) in [5.74, 6) is -1.00. The fraction of sp³-hybridized carbons (Fsp3) is 0.579. The molecule has 148 valence electrons. The minimum Gasteiger partial charge on any atom is -0.452 e. The first-order valence-electron chi connectivity index (χ1n) is 9.43. The van der Waals surface area contributed by atoms with Crippen molar-refractivity contribution < 1.29 is 22.7 Å². The Morgan fingerprint density at radius 1 is 1.11 bits per heavy atom. The Bertz CT molecular complexity index is 783. The Balaban J connectivity index is 1.57. The van der Waals surface area contributed by atoms with Crippen molar-refractivity contribution in [1.82, 2.24) is 9.62 Å². The van der Waals surface area contributed by atoms with E-state index in [0.717, 1.165) is 18.4 Å². The number of rotatable bonds is 4. The second-order valence-electron chi connectivity index (χ2n) is 7.20. The molecule has 2 aliphatic rings. The number of sulfonamides is 1. The minimum atomic E-state index is -3.55. The number of esters is 1. The molecule has 8 heteroatoms. The fourth-order valence-corrected chi connectivity index (χ4v) is 4.92. The number of benzene rings is 1. The largest absolute Gasteiger partial charge is 0.452 e. The van der Waals surface area contributed by atoms with E-state index in [0.29, 0.717) is 25.8 Å². The van der Waals surface area contributed by atoms with Crippen molar-refractivity contribution in [3.8, 4) is 0 Å². The van der Waals surface area contributed by atoms with Crippen molar-refractivity contribution in [2.75, 3.05) is 19.6 Å². The quantitative estimate of drug-likeness (QED) is 0.783. The minimum absolute atomic E-state index is 0.236. The van der Waals surface area contributed by atoms with Crippen molar-refractivity contribution in [3.63, 3.8) is 0 Å². The van der Waals surface area contributed by atoms with Gasteiger partial charge in [0.15, 0.2) is 6.10 Å². The van der Waals surface area contributed by atoms with Crippen LogP contribution in [0.25, 0.3) is 0 Å². The number of amides is 1. The van der Waals surface area contributed by atoms with Crippen LogP contribution in [0, 0.1) is 12.8 Å². The summed E-state index contributed by atoms with van der Waals surface area (Å²) in [5, 5.41) is 2.75. The molecule has 3 rings (SSSR count). The van der Waals surface area contributed by atoms with E-state index in [1.165, 1.54) is 4.31 Å². The summed E-state index contributed by atoms with van der Waals surface area (Å²) in [6, 6.07) is 6.76. The number of aryl methyl sites for hydroxylation is 1. The highest BCUT2D eigenvalue weighted by atomic mass is 32.2. The van der Waals surface area contributed by atoms with E-state index >= 15 is 0 Å². The lowest BCUT2D eigenvalue weighted by molar-refractivity contribution is -0.161. The average Bonchev–Trinajstić information content (AvgIpc) is 2.86. The summed E-state index contributed by atoms with van der Waals surface area (Å²) in [5.41, 5.74) is 0.998. The number of hydrogen-bond acceptors (Lipinski definition) is 5. The van der Waals surface area contributed by atoms with Crippen LogP contribution >= 0.6 is 0 Å². The fourth-order valence-electron chi connectivity index (χ4n) is 3.45. The predicted molar refractivity (Wildman–Crippen MR) is 99.4 cm³/mol. The molecule has 7 nitrogen and oxygen atoms in total. The molecule has 2 heterocycles. The number of carbonyl (C=O) groups excluding carboxylic acids is 2. The first kappa shape index (κ1) is 19.8. The van der Waals surface area contributed by atoms with E-state index < -0.39 is 22.1 Å². The normalized spacial score (nSPS) is 22.7. The molecular formula is C19H26N2O5S. The van der Waals surface area contributed by atoms with Crippen LogP contribution in [0.3, 0.4) is 0 Å². The molecule has 0 spiro atoms. The highest BCUT2D eigenvalue weighted by molar-refractivity contribution is 7.89. The SMILES string of the molecule is Cc1ccc(S(=O)(=O)N2CCC(C(=O)O[C@H]3CCCCNC3=O)CC2)cc1. The van der Waals surface area contributed by atoms with Gasteiger partial charge in [0.1, 0.15) is 0 Å². The highest BCUT2D eigenvalue weighted by Crippen LogP contribution is 2.25. The maximum atomic E-state index is 12.7. The molecule has 27 heavy (non-hydrogen) atoms. The van der Waals surface area contributed by atoms with Gasteiger partial charge in [-0.25, -0.2) is 8.42 Å². The monoisotopic (exact) mass is 394 g/mol. The standard InChI is InChI=1S/C19H26N2O5S/c1-14-5-7-16(8-6-14)27(24,25)21-12-9-15(10-13-21)19(23)26-17-4-2-3-11-20-18(17)22/h5-8,15,17H,2-4,9-13H2,1H3,(H,20,22)/t17-/m0/s1. The Kier molecular flexibility index (Phi) is 6.16. The third-order valence-corrected chi connectivity index (χ3v) is 7.10. The van der Waals surface area contributed by atoms with E-state index in [2.05, 4.69) is 5.32 Å². The van der Waals surface area contributed by atoms with Gasteiger partial charge < -0.3 is 10.1 Å². The number of ether oxygens (including phenoxy) is 1. The van der Waals surface area contributed by atoms with Crippen LogP contribution in [-0.2, 0) is 24.3 Å². The molecule has 1 aromatic carbocycles. The van der Waals surface area contributed by atoms with Gasteiger partial charge in [0.05, 0.1) is 10.8 Å².